The molecule has 2 amide bonds. The molecule has 2 unspecified atom stereocenters. The van der Waals surface area contributed by atoms with Crippen molar-refractivity contribution in [2.24, 2.45) is 5.92 Å². The summed E-state index contributed by atoms with van der Waals surface area (Å²) >= 11 is 0. The lowest BCUT2D eigenvalue weighted by Gasteiger charge is -2.29. The van der Waals surface area contributed by atoms with Gasteiger partial charge in [0.2, 0.25) is 5.91 Å². The number of para-hydroxylation sites is 2. The number of benzene rings is 2. The molecular formula is C21H18N2O2. The third-order valence-corrected chi connectivity index (χ3v) is 5.53. The molecule has 2 atom stereocenters. The Morgan fingerprint density at radius 3 is 2.52 bits per heavy atom. The van der Waals surface area contributed by atoms with E-state index in [1.54, 1.807) is 0 Å². The molecule has 0 aromatic heterocycles. The predicted molar refractivity (Wildman–Crippen MR) is 97.2 cm³/mol. The van der Waals surface area contributed by atoms with E-state index in [1.165, 1.54) is 4.90 Å². The number of rotatable bonds is 1. The van der Waals surface area contributed by atoms with Crippen LogP contribution in [0.25, 0.3) is 6.08 Å². The van der Waals surface area contributed by atoms with Crippen molar-refractivity contribution in [2.75, 3.05) is 16.3 Å². The zero-order valence-corrected chi connectivity index (χ0v) is 13.8. The van der Waals surface area contributed by atoms with Gasteiger partial charge in [0.1, 0.15) is 0 Å². The smallest absolute Gasteiger partial charge is 0.261 e. The van der Waals surface area contributed by atoms with Gasteiger partial charge in [0.25, 0.3) is 5.91 Å². The highest BCUT2D eigenvalue weighted by molar-refractivity contribution is 6.31. The van der Waals surface area contributed by atoms with E-state index in [0.717, 1.165) is 30.6 Å². The third kappa shape index (κ3) is 2.00. The molecule has 3 heterocycles. The number of hydrogen-bond donors (Lipinski definition) is 0. The Morgan fingerprint density at radius 1 is 0.920 bits per heavy atom. The second-order valence-corrected chi connectivity index (χ2v) is 6.85. The Balaban J connectivity index is 1.68. The summed E-state index contributed by atoms with van der Waals surface area (Å²) < 4.78 is 0. The maximum absolute atomic E-state index is 13.2. The average Bonchev–Trinajstić information content (AvgIpc) is 3.16. The lowest BCUT2D eigenvalue weighted by atomic mass is 9.91. The van der Waals surface area contributed by atoms with Crippen molar-refractivity contribution < 1.29 is 9.59 Å². The molecule has 2 aromatic carbocycles. The Kier molecular flexibility index (Phi) is 3.07. The summed E-state index contributed by atoms with van der Waals surface area (Å²) in [6.45, 7) is 0.937. The first-order valence-electron chi connectivity index (χ1n) is 8.76. The normalized spacial score (nSPS) is 24.6. The first-order chi connectivity index (χ1) is 12.3. The van der Waals surface area contributed by atoms with Crippen LogP contribution in [0.15, 0.2) is 60.2 Å². The quantitative estimate of drug-likeness (QED) is 0.754. The minimum absolute atomic E-state index is 0.0695. The van der Waals surface area contributed by atoms with Gasteiger partial charge in [0.15, 0.2) is 0 Å². The Bertz CT molecular complexity index is 903. The highest BCUT2D eigenvalue weighted by Gasteiger charge is 2.51. The molecule has 0 radical (unpaired) electrons. The first-order valence-corrected chi connectivity index (χ1v) is 8.76. The monoisotopic (exact) mass is 330 g/mol. The molecule has 0 spiro atoms. The molecule has 0 N–H and O–H groups in total. The summed E-state index contributed by atoms with van der Waals surface area (Å²) in [6, 6.07) is 17.4. The zero-order chi connectivity index (χ0) is 17.0. The van der Waals surface area contributed by atoms with Crippen LogP contribution in [0.1, 0.15) is 18.4 Å². The molecule has 5 rings (SSSR count). The van der Waals surface area contributed by atoms with E-state index in [2.05, 4.69) is 11.0 Å². The van der Waals surface area contributed by atoms with E-state index >= 15 is 0 Å². The standard InChI is InChI=1S/C21H18N2O2/c24-20-16-13-14-7-4-5-10-17(14)22-12-6-11-18(22)19(16)21(25)23(20)15-8-2-1-3-9-15/h1-5,7-10,13,18-19H,6,11-12H2. The summed E-state index contributed by atoms with van der Waals surface area (Å²) in [6.07, 6.45) is 3.93. The van der Waals surface area contributed by atoms with Gasteiger partial charge in [0, 0.05) is 23.8 Å². The summed E-state index contributed by atoms with van der Waals surface area (Å²) in [5.74, 6) is -0.639. The maximum Gasteiger partial charge on any atom is 0.261 e. The number of anilines is 2. The van der Waals surface area contributed by atoms with E-state index in [-0.39, 0.29) is 23.8 Å². The van der Waals surface area contributed by atoms with Crippen molar-refractivity contribution in [2.45, 2.75) is 18.9 Å². The van der Waals surface area contributed by atoms with E-state index in [4.69, 9.17) is 0 Å². The van der Waals surface area contributed by atoms with Crippen LogP contribution in [0.5, 0.6) is 0 Å². The minimum atomic E-state index is -0.373. The van der Waals surface area contributed by atoms with Crippen LogP contribution in [0.3, 0.4) is 0 Å². The fraction of sp³-hybridized carbons (Fsp3) is 0.238. The Hall–Kier alpha value is -2.88. The summed E-state index contributed by atoms with van der Waals surface area (Å²) in [4.78, 5) is 30.0. The van der Waals surface area contributed by atoms with Gasteiger partial charge in [-0.2, -0.15) is 0 Å². The second kappa shape index (κ2) is 5.31. The van der Waals surface area contributed by atoms with Crippen molar-refractivity contribution in [3.8, 4) is 0 Å². The number of hydrogen-bond acceptors (Lipinski definition) is 3. The van der Waals surface area contributed by atoms with Gasteiger partial charge in [-0.1, -0.05) is 36.4 Å². The molecule has 2 aromatic rings. The molecule has 0 bridgehead atoms. The topological polar surface area (TPSA) is 40.6 Å². The molecule has 2 fully saturated rings. The van der Waals surface area contributed by atoms with Crippen LogP contribution in [-0.4, -0.2) is 24.4 Å². The SMILES string of the molecule is O=C1C2=Cc3ccccc3N3CCCC3C2C(=O)N1c1ccccc1. The van der Waals surface area contributed by atoms with Gasteiger partial charge in [-0.15, -0.1) is 0 Å². The van der Waals surface area contributed by atoms with E-state index < -0.39 is 0 Å². The number of fused-ring (bicyclic) bond motifs is 5. The number of imide groups is 1. The highest BCUT2D eigenvalue weighted by atomic mass is 16.2. The van der Waals surface area contributed by atoms with Crippen LogP contribution in [0.2, 0.25) is 0 Å². The average molecular weight is 330 g/mol. The van der Waals surface area contributed by atoms with E-state index in [9.17, 15) is 9.59 Å². The number of amides is 2. The number of carbonyl (C=O) groups is 2. The molecule has 2 saturated heterocycles. The van der Waals surface area contributed by atoms with Gasteiger partial charge in [-0.25, -0.2) is 4.90 Å². The van der Waals surface area contributed by atoms with E-state index in [1.807, 2.05) is 54.6 Å². The summed E-state index contributed by atoms with van der Waals surface area (Å²) in [5, 5.41) is 0. The predicted octanol–water partition coefficient (Wildman–Crippen LogP) is 3.24. The molecule has 4 heteroatoms. The highest BCUT2D eigenvalue weighted by Crippen LogP contribution is 2.44. The van der Waals surface area contributed by atoms with Crippen molar-refractivity contribution >= 4 is 29.3 Å². The van der Waals surface area contributed by atoms with Crippen LogP contribution >= 0.6 is 0 Å². The third-order valence-electron chi connectivity index (χ3n) is 5.53. The van der Waals surface area contributed by atoms with Crippen LogP contribution in [-0.2, 0) is 9.59 Å². The lowest BCUT2D eigenvalue weighted by molar-refractivity contribution is -0.122. The van der Waals surface area contributed by atoms with Gasteiger partial charge >= 0.3 is 0 Å². The van der Waals surface area contributed by atoms with Gasteiger partial charge in [-0.05, 0) is 42.7 Å². The summed E-state index contributed by atoms with van der Waals surface area (Å²) in [7, 11) is 0. The molecule has 0 saturated carbocycles. The van der Waals surface area contributed by atoms with Crippen molar-refractivity contribution in [1.82, 2.24) is 0 Å². The molecule has 4 nitrogen and oxygen atoms in total. The maximum atomic E-state index is 13.2. The van der Waals surface area contributed by atoms with Crippen molar-refractivity contribution in [1.29, 1.82) is 0 Å². The number of carbonyl (C=O) groups excluding carboxylic acids is 2. The number of nitrogens with zero attached hydrogens (tertiary/aromatic N) is 2. The fourth-order valence-corrected chi connectivity index (χ4v) is 4.46. The first kappa shape index (κ1) is 14.5. The summed E-state index contributed by atoms with van der Waals surface area (Å²) in [5.41, 5.74) is 3.46. The fourth-order valence-electron chi connectivity index (χ4n) is 4.46. The minimum Gasteiger partial charge on any atom is -0.367 e. The Morgan fingerprint density at radius 2 is 1.68 bits per heavy atom. The second-order valence-electron chi connectivity index (χ2n) is 6.85. The Labute approximate surface area is 146 Å². The molecular weight excluding hydrogens is 312 g/mol. The van der Waals surface area contributed by atoms with Crippen LogP contribution in [0, 0.1) is 5.92 Å². The van der Waals surface area contributed by atoms with Gasteiger partial charge in [0.05, 0.1) is 11.6 Å². The van der Waals surface area contributed by atoms with Crippen molar-refractivity contribution in [3.05, 3.63) is 65.7 Å². The molecule has 25 heavy (non-hydrogen) atoms. The van der Waals surface area contributed by atoms with Crippen LogP contribution in [0.4, 0.5) is 11.4 Å². The van der Waals surface area contributed by atoms with Gasteiger partial charge < -0.3 is 4.90 Å². The van der Waals surface area contributed by atoms with Crippen molar-refractivity contribution in [3.63, 3.8) is 0 Å². The zero-order valence-electron chi connectivity index (χ0n) is 13.8. The molecule has 124 valence electrons. The van der Waals surface area contributed by atoms with Gasteiger partial charge in [-0.3, -0.25) is 9.59 Å². The largest absolute Gasteiger partial charge is 0.367 e. The lowest BCUT2D eigenvalue weighted by Crippen LogP contribution is -2.40. The van der Waals surface area contributed by atoms with Crippen LogP contribution < -0.4 is 9.80 Å². The molecule has 3 aliphatic rings. The van der Waals surface area contributed by atoms with E-state index in [0.29, 0.717) is 11.3 Å². The molecule has 3 aliphatic heterocycles. The molecule has 0 aliphatic carbocycles.